The van der Waals surface area contributed by atoms with Crippen molar-refractivity contribution < 1.29 is 33.9 Å². The van der Waals surface area contributed by atoms with Gasteiger partial charge in [-0.1, -0.05) is 113 Å². The molecule has 1 aliphatic heterocycles. The van der Waals surface area contributed by atoms with E-state index in [0.29, 0.717) is 43.7 Å². The molecule has 0 saturated carbocycles. The Kier molecular flexibility index (Phi) is 34.9. The zero-order valence-corrected chi connectivity index (χ0v) is 53.6. The van der Waals surface area contributed by atoms with Crippen molar-refractivity contribution in [2.45, 2.75) is 128 Å². The minimum Gasteiger partial charge on any atom is -0.490 e. The quantitative estimate of drug-likeness (QED) is 0.0245. The fraction of sp³-hybridized carbons (Fsp3) is 0.473. The Hall–Kier alpha value is -7.51. The average Bonchev–Trinajstić information content (AvgIpc) is 3.21. The van der Waals surface area contributed by atoms with E-state index in [2.05, 4.69) is 154 Å². The third-order valence-corrected chi connectivity index (χ3v) is 15.2. The maximum Gasteiger partial charge on any atom is 0.122 e. The molecule has 4 heterocycles. The number of aliphatic hydroxyl groups is 2. The number of H-pyrrole nitrogens is 3. The number of aromatic amines is 3. The van der Waals surface area contributed by atoms with Crippen LogP contribution in [0.2, 0.25) is 0 Å². The Labute approximate surface area is 545 Å². The zero-order valence-electron chi connectivity index (χ0n) is 53.6. The second-order valence-corrected chi connectivity index (χ2v) is 23.2. The molecular weight excluding hydrogens is 1140 g/mol. The molecule has 91 heavy (non-hydrogen) atoms. The molecule has 8 aromatic rings. The lowest BCUT2D eigenvalue weighted by atomic mass is 10.00. The van der Waals surface area contributed by atoms with Crippen molar-refractivity contribution in [3.05, 3.63) is 168 Å². The van der Waals surface area contributed by atoms with Crippen LogP contribution in [0.1, 0.15) is 129 Å². The van der Waals surface area contributed by atoms with Crippen LogP contribution in [0.25, 0.3) is 33.8 Å². The van der Waals surface area contributed by atoms with Crippen molar-refractivity contribution in [2.75, 3.05) is 105 Å². The Morgan fingerprint density at radius 3 is 1.26 bits per heavy atom. The van der Waals surface area contributed by atoms with Gasteiger partial charge in [-0.15, -0.1) is 0 Å². The number of aromatic nitrogens is 6. The van der Waals surface area contributed by atoms with Crippen LogP contribution in [0.4, 0.5) is 5.69 Å². The van der Waals surface area contributed by atoms with Gasteiger partial charge in [-0.3, -0.25) is 15.3 Å². The number of ether oxygens (including phenoxy) is 5. The Morgan fingerprint density at radius 1 is 0.516 bits per heavy atom. The molecule has 1 saturated heterocycles. The zero-order chi connectivity index (χ0) is 62.3. The number of rotatable bonds is 33. The van der Waals surface area contributed by atoms with Crippen LogP contribution in [-0.4, -0.2) is 156 Å². The summed E-state index contributed by atoms with van der Waals surface area (Å²) in [5, 5.41) is 41.0. The highest BCUT2D eigenvalue weighted by molar-refractivity contribution is 5.65. The van der Waals surface area contributed by atoms with Gasteiger partial charge < -0.3 is 53.5 Å². The summed E-state index contributed by atoms with van der Waals surface area (Å²) >= 11 is 0. The number of unbranched alkanes of at least 4 members (excludes halogenated alkanes) is 3. The topological polar surface area (TPSA) is 186 Å². The van der Waals surface area contributed by atoms with Gasteiger partial charge in [-0.25, -0.2) is 0 Å². The maximum atomic E-state index is 9.72. The Bertz CT molecular complexity index is 3140. The van der Waals surface area contributed by atoms with Gasteiger partial charge in [0.1, 0.15) is 55.5 Å². The summed E-state index contributed by atoms with van der Waals surface area (Å²) in [7, 11) is 6.47. The van der Waals surface area contributed by atoms with Crippen molar-refractivity contribution in [3.8, 4) is 56.8 Å². The molecule has 0 aliphatic carbocycles. The molecule has 0 spiro atoms. The molecule has 3 aromatic heterocycles. The molecule has 17 nitrogen and oxygen atoms in total. The molecule has 1 atom stereocenters. The van der Waals surface area contributed by atoms with Gasteiger partial charge in [0.15, 0.2) is 0 Å². The van der Waals surface area contributed by atoms with Crippen molar-refractivity contribution >= 4 is 5.69 Å². The second-order valence-electron chi connectivity index (χ2n) is 23.2. The standard InChI is InChI=1S/C27H36N4O3.C25H33N3O4.C19H29N3.3CH4/c1-3-4-13-30(2)21-23-20-28-29-27(23)22-5-9-25(10-6-22)33-18-19-34-26-11-7-24(8-12-26)31-14-16-32-17-15-31;1-3-4-12-28(2)17-21-16-26-27-25(21)19-8-10-22(11-9-19)31-13-14-32-23-7-5-6-20(15-23)24(30)18-29;1-5-6-11-22(4)14-18-13-20-21-19(18)17-9-7-16(8-10-17)12-15(2)3;;;/h5-12,20H,3-4,13-19,21H2,1-2H3,(H,28,29);5-11,15-16,24,29-30H,3-4,12-14,17-18H2,1-2H3,(H,26,27);7-10,13,15H,5-6,11-12,14H2,1-4H3,(H,20,21);3*1H4. The van der Waals surface area contributed by atoms with Crippen LogP contribution in [0.5, 0.6) is 23.0 Å². The molecule has 5 N–H and O–H groups in total. The highest BCUT2D eigenvalue weighted by atomic mass is 16.5. The molecule has 17 heteroatoms. The van der Waals surface area contributed by atoms with E-state index in [9.17, 15) is 5.11 Å². The second kappa shape index (κ2) is 41.8. The lowest BCUT2D eigenvalue weighted by Gasteiger charge is -2.28. The number of morpholine rings is 1. The summed E-state index contributed by atoms with van der Waals surface area (Å²) in [5.41, 5.74) is 13.6. The fourth-order valence-corrected chi connectivity index (χ4v) is 10.3. The first-order valence-corrected chi connectivity index (χ1v) is 31.7. The number of nitrogens with zero attached hydrogens (tertiary/aromatic N) is 7. The van der Waals surface area contributed by atoms with Gasteiger partial charge in [0.25, 0.3) is 0 Å². The largest absolute Gasteiger partial charge is 0.490 e. The monoisotopic (exact) mass is 1250 g/mol. The van der Waals surface area contributed by atoms with E-state index >= 15 is 0 Å². The van der Waals surface area contributed by atoms with E-state index in [0.717, 1.165) is 117 Å². The van der Waals surface area contributed by atoms with Gasteiger partial charge in [0.2, 0.25) is 0 Å². The van der Waals surface area contributed by atoms with Gasteiger partial charge in [0, 0.05) is 66.2 Å². The van der Waals surface area contributed by atoms with Gasteiger partial charge in [-0.2, -0.15) is 15.3 Å². The van der Waals surface area contributed by atoms with Gasteiger partial charge in [0.05, 0.1) is 55.5 Å². The van der Waals surface area contributed by atoms with E-state index in [1.165, 1.54) is 72.0 Å². The lowest BCUT2D eigenvalue weighted by molar-refractivity contribution is 0.0953. The van der Waals surface area contributed by atoms with Crippen LogP contribution in [-0.2, 0) is 30.8 Å². The average molecular weight is 1250 g/mol. The minimum atomic E-state index is -0.902. The lowest BCUT2D eigenvalue weighted by Crippen LogP contribution is -2.36. The normalized spacial score (nSPS) is 12.3. The van der Waals surface area contributed by atoms with Crippen LogP contribution in [0, 0.1) is 5.92 Å². The third-order valence-electron chi connectivity index (χ3n) is 15.2. The van der Waals surface area contributed by atoms with E-state index in [1.807, 2.05) is 73.2 Å². The van der Waals surface area contributed by atoms with Crippen LogP contribution in [0.15, 0.2) is 140 Å². The number of anilines is 1. The number of nitrogens with one attached hydrogen (secondary N) is 3. The molecular formula is C74H110N10O7. The van der Waals surface area contributed by atoms with E-state index < -0.39 is 6.10 Å². The number of hydrogen-bond donors (Lipinski definition) is 5. The Morgan fingerprint density at radius 2 is 0.890 bits per heavy atom. The highest BCUT2D eigenvalue weighted by Gasteiger charge is 2.15. The predicted octanol–water partition coefficient (Wildman–Crippen LogP) is 14.8. The number of aliphatic hydroxyl groups excluding tert-OH is 2. The van der Waals surface area contributed by atoms with E-state index in [1.54, 1.807) is 18.2 Å². The van der Waals surface area contributed by atoms with Crippen LogP contribution in [0.3, 0.4) is 0 Å². The summed E-state index contributed by atoms with van der Waals surface area (Å²) < 4.78 is 28.6. The molecule has 1 unspecified atom stereocenters. The predicted molar refractivity (Wildman–Crippen MR) is 374 cm³/mol. The van der Waals surface area contributed by atoms with Crippen molar-refractivity contribution in [1.82, 2.24) is 45.3 Å². The SMILES string of the molecule is C.C.C.CCCCN(C)Cc1cn[nH]c1-c1ccc(CC(C)C)cc1.CCCCN(C)Cc1cn[nH]c1-c1ccc(OCCOc2ccc(N3CCOCC3)cc2)cc1.CCCCN(C)Cc1cn[nH]c1-c1ccc(OCCOc2cccc(C(O)CO)c2)cc1. The van der Waals surface area contributed by atoms with E-state index in [4.69, 9.17) is 28.8 Å². The number of benzene rings is 5. The van der Waals surface area contributed by atoms with Crippen LogP contribution < -0.4 is 23.8 Å². The molecule has 0 radical (unpaired) electrons. The van der Waals surface area contributed by atoms with E-state index in [-0.39, 0.29) is 28.9 Å². The molecule has 9 rings (SSSR count). The Balaban J connectivity index is 0.000000293. The number of hydrogen-bond acceptors (Lipinski definition) is 14. The molecule has 1 fully saturated rings. The first kappa shape index (κ1) is 75.9. The summed E-state index contributed by atoms with van der Waals surface area (Å²) in [6.45, 7) is 22.0. The molecule has 0 amide bonds. The summed E-state index contributed by atoms with van der Waals surface area (Å²) in [5.74, 6) is 3.77. The minimum absolute atomic E-state index is 0. The van der Waals surface area contributed by atoms with Gasteiger partial charge >= 0.3 is 0 Å². The van der Waals surface area contributed by atoms with Crippen molar-refractivity contribution in [3.63, 3.8) is 0 Å². The smallest absolute Gasteiger partial charge is 0.122 e. The molecule has 5 aromatic carbocycles. The van der Waals surface area contributed by atoms with Gasteiger partial charge in [-0.05, 0) is 174 Å². The highest BCUT2D eigenvalue weighted by Crippen LogP contribution is 2.28. The fourth-order valence-electron chi connectivity index (χ4n) is 10.3. The molecule has 1 aliphatic rings. The van der Waals surface area contributed by atoms with Crippen LogP contribution >= 0.6 is 0 Å². The van der Waals surface area contributed by atoms with Crippen molar-refractivity contribution in [1.29, 1.82) is 0 Å². The first-order chi connectivity index (χ1) is 42.9. The first-order valence-electron chi connectivity index (χ1n) is 31.7. The summed E-state index contributed by atoms with van der Waals surface area (Å²) in [6, 6.07) is 40.3. The maximum absolute atomic E-state index is 9.72. The summed E-state index contributed by atoms with van der Waals surface area (Å²) in [4.78, 5) is 9.35. The summed E-state index contributed by atoms with van der Waals surface area (Å²) in [6.07, 6.45) is 13.3. The molecule has 0 bridgehead atoms. The molecule has 498 valence electrons. The van der Waals surface area contributed by atoms with Crippen molar-refractivity contribution in [2.24, 2.45) is 5.92 Å². The third kappa shape index (κ3) is 25.6.